The molecule has 1 aromatic rings. The number of sulfone groups is 1. The number of nitrogens with one attached hydrogen (secondary N) is 1. The largest absolute Gasteiger partial charge is 0.313 e. The fourth-order valence-electron chi connectivity index (χ4n) is 2.02. The maximum Gasteiger partial charge on any atom is 0.175 e. The third-order valence-corrected chi connectivity index (χ3v) is 4.28. The number of hydrogen-bond acceptors (Lipinski definition) is 3. The lowest BCUT2D eigenvalue weighted by Gasteiger charge is -2.16. The van der Waals surface area contributed by atoms with E-state index in [1.165, 1.54) is 25.5 Å². The molecule has 4 heteroatoms. The lowest BCUT2D eigenvalue weighted by atomic mass is 10.0. The molecule has 0 aliphatic heterocycles. The van der Waals surface area contributed by atoms with Gasteiger partial charge >= 0.3 is 0 Å². The molecule has 0 amide bonds. The van der Waals surface area contributed by atoms with Gasteiger partial charge in [0.1, 0.15) is 0 Å². The number of benzene rings is 1. The summed E-state index contributed by atoms with van der Waals surface area (Å²) in [5, 5.41) is 3.29. The van der Waals surface area contributed by atoms with Gasteiger partial charge in [-0.15, -0.1) is 0 Å². The minimum absolute atomic E-state index is 0.310. The third-order valence-electron chi connectivity index (χ3n) is 3.16. The van der Waals surface area contributed by atoms with Crippen LogP contribution in [0.3, 0.4) is 0 Å². The summed E-state index contributed by atoms with van der Waals surface area (Å²) < 4.78 is 22.8. The van der Waals surface area contributed by atoms with Crippen molar-refractivity contribution >= 4 is 9.84 Å². The monoisotopic (exact) mass is 269 g/mol. The fraction of sp³-hybridized carbons (Fsp3) is 0.571. The zero-order valence-corrected chi connectivity index (χ0v) is 12.3. The molecular weight excluding hydrogens is 246 g/mol. The normalized spacial score (nSPS) is 13.5. The Hall–Kier alpha value is -0.870. The second-order valence-corrected chi connectivity index (χ2v) is 6.69. The number of hydrogen-bond donors (Lipinski definition) is 1. The molecule has 1 aromatic carbocycles. The maximum absolute atomic E-state index is 11.4. The van der Waals surface area contributed by atoms with Crippen LogP contribution >= 0.6 is 0 Å². The van der Waals surface area contributed by atoms with E-state index in [1.54, 1.807) is 12.1 Å². The van der Waals surface area contributed by atoms with Gasteiger partial charge in [-0.05, 0) is 31.2 Å². The molecule has 0 aliphatic carbocycles. The van der Waals surface area contributed by atoms with Crippen LogP contribution in [0, 0.1) is 0 Å². The van der Waals surface area contributed by atoms with Crippen molar-refractivity contribution in [2.75, 3.05) is 13.3 Å². The Kier molecular flexibility index (Phi) is 5.82. The minimum Gasteiger partial charge on any atom is -0.313 e. The van der Waals surface area contributed by atoms with Crippen molar-refractivity contribution in [2.24, 2.45) is 0 Å². The van der Waals surface area contributed by atoms with Gasteiger partial charge in [0.25, 0.3) is 0 Å². The van der Waals surface area contributed by atoms with Crippen molar-refractivity contribution < 1.29 is 8.42 Å². The van der Waals surface area contributed by atoms with Crippen molar-refractivity contribution in [3.05, 3.63) is 29.8 Å². The lowest BCUT2D eigenvalue weighted by Crippen LogP contribution is -2.16. The SMILES string of the molecule is CCCCCC(NC)c1ccc(S(C)(=O)=O)cc1. The zero-order valence-electron chi connectivity index (χ0n) is 11.4. The second kappa shape index (κ2) is 6.90. The van der Waals surface area contributed by atoms with Crippen LogP contribution in [0.15, 0.2) is 29.2 Å². The van der Waals surface area contributed by atoms with Gasteiger partial charge in [-0.25, -0.2) is 8.42 Å². The van der Waals surface area contributed by atoms with E-state index in [1.807, 2.05) is 19.2 Å². The molecule has 1 N–H and O–H groups in total. The van der Waals surface area contributed by atoms with E-state index in [4.69, 9.17) is 0 Å². The fourth-order valence-corrected chi connectivity index (χ4v) is 2.65. The van der Waals surface area contributed by atoms with Crippen LogP contribution < -0.4 is 5.32 Å². The molecule has 18 heavy (non-hydrogen) atoms. The molecule has 1 rings (SSSR count). The molecule has 0 saturated carbocycles. The van der Waals surface area contributed by atoms with Gasteiger partial charge in [0.15, 0.2) is 9.84 Å². The first kappa shape index (κ1) is 15.2. The van der Waals surface area contributed by atoms with Gasteiger partial charge in [0, 0.05) is 12.3 Å². The van der Waals surface area contributed by atoms with E-state index in [0.29, 0.717) is 10.9 Å². The summed E-state index contributed by atoms with van der Waals surface area (Å²) in [5.41, 5.74) is 1.15. The van der Waals surface area contributed by atoms with Gasteiger partial charge < -0.3 is 5.32 Å². The van der Waals surface area contributed by atoms with E-state index in [-0.39, 0.29) is 0 Å². The van der Waals surface area contributed by atoms with Gasteiger partial charge in [-0.2, -0.15) is 0 Å². The van der Waals surface area contributed by atoms with Crippen molar-refractivity contribution in [1.29, 1.82) is 0 Å². The van der Waals surface area contributed by atoms with E-state index >= 15 is 0 Å². The standard InChI is InChI=1S/C14H23NO2S/c1-4-5-6-7-14(15-2)12-8-10-13(11-9-12)18(3,16)17/h8-11,14-15H,4-7H2,1-3H3. The molecule has 3 nitrogen and oxygen atoms in total. The van der Waals surface area contributed by atoms with Crippen LogP contribution in [-0.4, -0.2) is 21.7 Å². The average molecular weight is 269 g/mol. The molecule has 0 bridgehead atoms. The van der Waals surface area contributed by atoms with Crippen LogP contribution in [-0.2, 0) is 9.84 Å². The first-order valence-corrected chi connectivity index (χ1v) is 8.35. The van der Waals surface area contributed by atoms with Crippen LogP contribution in [0.25, 0.3) is 0 Å². The molecule has 0 saturated heterocycles. The first-order chi connectivity index (χ1) is 8.49. The van der Waals surface area contributed by atoms with E-state index in [0.717, 1.165) is 12.0 Å². The highest BCUT2D eigenvalue weighted by atomic mass is 32.2. The number of rotatable bonds is 7. The van der Waals surface area contributed by atoms with Crippen LogP contribution in [0.4, 0.5) is 0 Å². The Bertz CT molecular complexity index is 451. The predicted molar refractivity (Wildman–Crippen MR) is 75.5 cm³/mol. The Morgan fingerprint density at radius 2 is 1.78 bits per heavy atom. The van der Waals surface area contributed by atoms with Crippen molar-refractivity contribution in [2.45, 2.75) is 43.5 Å². The second-order valence-electron chi connectivity index (χ2n) is 4.68. The molecule has 1 atom stereocenters. The average Bonchev–Trinajstić information content (AvgIpc) is 2.34. The molecule has 0 aliphatic rings. The highest BCUT2D eigenvalue weighted by Crippen LogP contribution is 2.21. The summed E-state index contributed by atoms with van der Waals surface area (Å²) in [5.74, 6) is 0. The highest BCUT2D eigenvalue weighted by molar-refractivity contribution is 7.90. The van der Waals surface area contributed by atoms with Gasteiger partial charge in [-0.3, -0.25) is 0 Å². The third kappa shape index (κ3) is 4.42. The highest BCUT2D eigenvalue weighted by Gasteiger charge is 2.11. The smallest absolute Gasteiger partial charge is 0.175 e. The molecule has 0 spiro atoms. The van der Waals surface area contributed by atoms with Crippen LogP contribution in [0.2, 0.25) is 0 Å². The molecule has 0 radical (unpaired) electrons. The van der Waals surface area contributed by atoms with Gasteiger partial charge in [0.2, 0.25) is 0 Å². The van der Waals surface area contributed by atoms with Crippen molar-refractivity contribution in [3.8, 4) is 0 Å². The Labute approximate surface area is 111 Å². The van der Waals surface area contributed by atoms with Crippen LogP contribution in [0.1, 0.15) is 44.2 Å². The Morgan fingerprint density at radius 3 is 2.22 bits per heavy atom. The summed E-state index contributed by atoms with van der Waals surface area (Å²) in [6.07, 6.45) is 5.96. The molecule has 102 valence electrons. The molecule has 0 fully saturated rings. The summed E-state index contributed by atoms with van der Waals surface area (Å²) in [6.45, 7) is 2.19. The topological polar surface area (TPSA) is 46.2 Å². The van der Waals surface area contributed by atoms with E-state index in [2.05, 4.69) is 12.2 Å². The Morgan fingerprint density at radius 1 is 1.17 bits per heavy atom. The van der Waals surface area contributed by atoms with Crippen molar-refractivity contribution in [3.63, 3.8) is 0 Å². The first-order valence-electron chi connectivity index (χ1n) is 6.46. The molecular formula is C14H23NO2S. The zero-order chi connectivity index (χ0) is 13.6. The Balaban J connectivity index is 2.76. The van der Waals surface area contributed by atoms with Crippen molar-refractivity contribution in [1.82, 2.24) is 5.32 Å². The maximum atomic E-state index is 11.4. The quantitative estimate of drug-likeness (QED) is 0.774. The minimum atomic E-state index is -3.09. The lowest BCUT2D eigenvalue weighted by molar-refractivity contribution is 0.511. The number of unbranched alkanes of at least 4 members (excludes halogenated alkanes) is 2. The summed E-state index contributed by atoms with van der Waals surface area (Å²) in [7, 11) is -1.15. The van der Waals surface area contributed by atoms with Gasteiger partial charge in [-0.1, -0.05) is 38.3 Å². The molecule has 1 unspecified atom stereocenters. The van der Waals surface area contributed by atoms with E-state index in [9.17, 15) is 8.42 Å². The van der Waals surface area contributed by atoms with E-state index < -0.39 is 9.84 Å². The summed E-state index contributed by atoms with van der Waals surface area (Å²) >= 11 is 0. The summed E-state index contributed by atoms with van der Waals surface area (Å²) in [4.78, 5) is 0.384. The molecule has 0 heterocycles. The predicted octanol–water partition coefficient (Wildman–Crippen LogP) is 2.93. The summed E-state index contributed by atoms with van der Waals surface area (Å²) in [6, 6.07) is 7.50. The van der Waals surface area contributed by atoms with Gasteiger partial charge in [0.05, 0.1) is 4.90 Å². The van der Waals surface area contributed by atoms with Crippen LogP contribution in [0.5, 0.6) is 0 Å². The molecule has 0 aromatic heterocycles.